The minimum absolute atomic E-state index is 0.0189. The van der Waals surface area contributed by atoms with Gasteiger partial charge in [-0.2, -0.15) is 5.10 Å². The summed E-state index contributed by atoms with van der Waals surface area (Å²) in [5, 5.41) is 12.8. The fourth-order valence-corrected chi connectivity index (χ4v) is 3.86. The molecule has 0 spiro atoms. The van der Waals surface area contributed by atoms with Crippen molar-refractivity contribution in [3.63, 3.8) is 0 Å². The largest absolute Gasteiger partial charge is 0.333 e. The Morgan fingerprint density at radius 3 is 2.40 bits per heavy atom. The van der Waals surface area contributed by atoms with Gasteiger partial charge in [0.1, 0.15) is 11.4 Å². The number of halogens is 2. The van der Waals surface area contributed by atoms with Crippen molar-refractivity contribution in [1.82, 2.24) is 15.2 Å². The average Bonchev–Trinajstić information content (AvgIpc) is 3.38. The lowest BCUT2D eigenvalue weighted by Crippen LogP contribution is -2.35. The lowest BCUT2D eigenvalue weighted by atomic mass is 10.2. The molecule has 2 aromatic heterocycles. The lowest BCUT2D eigenvalue weighted by molar-refractivity contribution is 0.511. The molecule has 0 saturated heterocycles. The molecule has 3 aromatic carbocycles. The highest BCUT2D eigenvalue weighted by Gasteiger charge is 2.24. The van der Waals surface area contributed by atoms with Gasteiger partial charge in [-0.3, -0.25) is 14.7 Å². The number of hydrogen-bond donors (Lipinski definition) is 3. The molecule has 0 amide bonds. The van der Waals surface area contributed by atoms with Crippen molar-refractivity contribution in [3.05, 3.63) is 80.7 Å². The zero-order valence-electron chi connectivity index (χ0n) is 15.0. The summed E-state index contributed by atoms with van der Waals surface area (Å²) in [6.45, 7) is 0. The summed E-state index contributed by atoms with van der Waals surface area (Å²) < 4.78 is 27.0. The van der Waals surface area contributed by atoms with Crippen LogP contribution in [-0.4, -0.2) is 15.2 Å². The van der Waals surface area contributed by atoms with Gasteiger partial charge in [0.2, 0.25) is 0 Å². The fraction of sp³-hybridized carbons (Fsp3) is 0. The Balaban J connectivity index is 1.44. The molecular weight excluding hydrogens is 412 g/mol. The molecule has 2 heterocycles. The van der Waals surface area contributed by atoms with Crippen molar-refractivity contribution in [2.24, 2.45) is 0 Å². The zero-order chi connectivity index (χ0) is 20.8. The van der Waals surface area contributed by atoms with E-state index in [1.54, 1.807) is 6.20 Å². The highest BCUT2D eigenvalue weighted by Crippen LogP contribution is 2.33. The third-order valence-electron chi connectivity index (χ3n) is 4.55. The second-order valence-electron chi connectivity index (χ2n) is 6.44. The van der Waals surface area contributed by atoms with E-state index in [2.05, 4.69) is 25.8 Å². The first-order valence-corrected chi connectivity index (χ1v) is 9.54. The van der Waals surface area contributed by atoms with E-state index in [-0.39, 0.29) is 28.1 Å². The Bertz CT molecular complexity index is 1470. The van der Waals surface area contributed by atoms with Crippen LogP contribution in [0.15, 0.2) is 58.3 Å². The van der Waals surface area contributed by atoms with Gasteiger partial charge < -0.3 is 10.6 Å². The molecule has 0 saturated carbocycles. The second-order valence-corrected chi connectivity index (χ2v) is 7.47. The monoisotopic (exact) mass is 423 g/mol. The van der Waals surface area contributed by atoms with E-state index in [9.17, 15) is 18.4 Å². The van der Waals surface area contributed by atoms with Crippen molar-refractivity contribution in [2.45, 2.75) is 0 Å². The van der Waals surface area contributed by atoms with Gasteiger partial charge in [-0.05, 0) is 11.6 Å². The number of aromatic amines is 1. The normalized spacial score (nSPS) is 11.3. The summed E-state index contributed by atoms with van der Waals surface area (Å²) in [6, 6.07) is 11.5. The van der Waals surface area contributed by atoms with Gasteiger partial charge in [0.25, 0.3) is 10.9 Å². The van der Waals surface area contributed by atoms with Crippen molar-refractivity contribution in [3.8, 4) is 10.4 Å². The third-order valence-corrected chi connectivity index (χ3v) is 5.52. The van der Waals surface area contributed by atoms with Crippen LogP contribution in [0.4, 0.5) is 31.1 Å². The van der Waals surface area contributed by atoms with E-state index in [0.717, 1.165) is 22.6 Å². The van der Waals surface area contributed by atoms with Crippen LogP contribution in [0.5, 0.6) is 0 Å². The van der Waals surface area contributed by atoms with Gasteiger partial charge in [-0.1, -0.05) is 41.7 Å². The molecule has 0 aliphatic carbocycles. The SMILES string of the molecule is O=c1c(Nc2ncc(-c3ccccc3)s2)c(Nc2n[nH]c3cc(F)c(F)cc23)c1=O. The van der Waals surface area contributed by atoms with Gasteiger partial charge in [-0.15, -0.1) is 0 Å². The predicted molar refractivity (Wildman–Crippen MR) is 111 cm³/mol. The molecule has 0 aliphatic heterocycles. The number of nitrogens with zero attached hydrogens (tertiary/aromatic N) is 2. The first-order valence-electron chi connectivity index (χ1n) is 8.73. The van der Waals surface area contributed by atoms with Crippen LogP contribution in [0.25, 0.3) is 21.3 Å². The van der Waals surface area contributed by atoms with Crippen molar-refractivity contribution < 1.29 is 8.78 Å². The summed E-state index contributed by atoms with van der Waals surface area (Å²) in [6.07, 6.45) is 1.67. The van der Waals surface area contributed by atoms with Crippen LogP contribution >= 0.6 is 11.3 Å². The number of benzene rings is 2. The lowest BCUT2D eigenvalue weighted by Gasteiger charge is -2.12. The molecule has 3 N–H and O–H groups in total. The molecular formula is C20H11F2N5O2S. The maximum Gasteiger partial charge on any atom is 0.253 e. The molecule has 5 rings (SSSR count). The zero-order valence-corrected chi connectivity index (χ0v) is 15.8. The van der Waals surface area contributed by atoms with E-state index in [1.165, 1.54) is 11.3 Å². The van der Waals surface area contributed by atoms with Crippen molar-refractivity contribution >= 4 is 44.6 Å². The van der Waals surface area contributed by atoms with Crippen LogP contribution in [0, 0.1) is 11.6 Å². The van der Waals surface area contributed by atoms with E-state index in [4.69, 9.17) is 0 Å². The number of nitrogens with one attached hydrogen (secondary N) is 3. The predicted octanol–water partition coefficient (Wildman–Crippen LogP) is 4.05. The molecule has 0 radical (unpaired) electrons. The number of H-pyrrole nitrogens is 1. The summed E-state index contributed by atoms with van der Waals surface area (Å²) in [5.41, 5.74) is -0.204. The highest BCUT2D eigenvalue weighted by molar-refractivity contribution is 7.19. The first kappa shape index (κ1) is 18.1. The Labute approximate surface area is 170 Å². The van der Waals surface area contributed by atoms with E-state index in [0.29, 0.717) is 5.13 Å². The van der Waals surface area contributed by atoms with E-state index >= 15 is 0 Å². The van der Waals surface area contributed by atoms with Gasteiger partial charge in [-0.25, -0.2) is 13.8 Å². The third kappa shape index (κ3) is 2.94. The maximum absolute atomic E-state index is 13.6. The molecule has 10 heteroatoms. The molecule has 148 valence electrons. The standard InChI is InChI=1S/C20H11F2N5O2S/c21-11-6-10-13(7-12(11)22)26-27-19(10)24-15-16(18(29)17(15)28)25-20-23-8-14(30-20)9-4-2-1-3-5-9/h1-8H,(H,23,25)(H2,24,26,27). The Kier molecular flexibility index (Phi) is 4.14. The molecule has 0 aliphatic rings. The van der Waals surface area contributed by atoms with Crippen LogP contribution in [0.1, 0.15) is 0 Å². The first-order chi connectivity index (χ1) is 14.5. The number of aromatic nitrogens is 3. The smallest absolute Gasteiger partial charge is 0.253 e. The number of anilines is 4. The van der Waals surface area contributed by atoms with Gasteiger partial charge in [0, 0.05) is 17.6 Å². The Morgan fingerprint density at radius 1 is 0.933 bits per heavy atom. The van der Waals surface area contributed by atoms with E-state index in [1.807, 2.05) is 30.3 Å². The van der Waals surface area contributed by atoms with Crippen molar-refractivity contribution in [2.75, 3.05) is 10.6 Å². The van der Waals surface area contributed by atoms with Crippen LogP contribution in [-0.2, 0) is 0 Å². The highest BCUT2D eigenvalue weighted by atomic mass is 32.1. The van der Waals surface area contributed by atoms with Crippen LogP contribution in [0.2, 0.25) is 0 Å². The number of rotatable bonds is 5. The maximum atomic E-state index is 13.6. The Hall–Kier alpha value is -3.92. The van der Waals surface area contributed by atoms with Gasteiger partial charge in [0.05, 0.1) is 10.4 Å². The summed E-state index contributed by atoms with van der Waals surface area (Å²) in [5.74, 6) is -1.97. The average molecular weight is 423 g/mol. The molecule has 5 aromatic rings. The molecule has 0 unspecified atom stereocenters. The molecule has 0 atom stereocenters. The fourth-order valence-electron chi connectivity index (χ4n) is 3.03. The quantitative estimate of drug-likeness (QED) is 0.369. The molecule has 0 fully saturated rings. The number of fused-ring (bicyclic) bond motifs is 1. The van der Waals surface area contributed by atoms with Crippen LogP contribution < -0.4 is 21.5 Å². The van der Waals surface area contributed by atoms with Gasteiger partial charge >= 0.3 is 0 Å². The topological polar surface area (TPSA) is 99.8 Å². The molecule has 7 nitrogen and oxygen atoms in total. The molecule has 30 heavy (non-hydrogen) atoms. The van der Waals surface area contributed by atoms with E-state index < -0.39 is 22.5 Å². The second kappa shape index (κ2) is 6.85. The van der Waals surface area contributed by atoms with Crippen molar-refractivity contribution in [1.29, 1.82) is 0 Å². The van der Waals surface area contributed by atoms with Crippen LogP contribution in [0.3, 0.4) is 0 Å². The summed E-state index contributed by atoms with van der Waals surface area (Å²) in [7, 11) is 0. The number of hydrogen-bond acceptors (Lipinski definition) is 7. The Morgan fingerprint density at radius 2 is 1.63 bits per heavy atom. The summed E-state index contributed by atoms with van der Waals surface area (Å²) in [4.78, 5) is 29.3. The van der Waals surface area contributed by atoms with Gasteiger partial charge in [0.15, 0.2) is 22.6 Å². The number of thiazole rings is 1. The molecule has 0 bridgehead atoms. The minimum Gasteiger partial charge on any atom is -0.333 e. The summed E-state index contributed by atoms with van der Waals surface area (Å²) >= 11 is 1.32. The minimum atomic E-state index is -1.05.